The number of benzene rings is 3. The van der Waals surface area contributed by atoms with E-state index in [1.165, 1.54) is 30.5 Å². The first kappa shape index (κ1) is 24.0. The number of aromatic nitrogens is 2. The SMILES string of the molecule is NC(=O)c1cccc(/C(=C/c2cnc(/C=C/C(=O)Nc3cc(F)ccc3N)cn2)c2ccccc2)c1. The minimum atomic E-state index is -0.510. The largest absolute Gasteiger partial charge is 0.397 e. The molecule has 0 aliphatic heterocycles. The number of nitrogens with zero attached hydrogens (tertiary/aromatic N) is 2. The van der Waals surface area contributed by atoms with Gasteiger partial charge < -0.3 is 16.8 Å². The van der Waals surface area contributed by atoms with Crippen LogP contribution in [-0.2, 0) is 4.79 Å². The summed E-state index contributed by atoms with van der Waals surface area (Å²) in [6.07, 6.45) is 7.70. The van der Waals surface area contributed by atoms with Gasteiger partial charge in [-0.15, -0.1) is 0 Å². The van der Waals surface area contributed by atoms with Gasteiger partial charge in [0.15, 0.2) is 0 Å². The fraction of sp³-hybridized carbons (Fsp3) is 0. The number of nitrogens with two attached hydrogens (primary N) is 2. The number of hydrogen-bond donors (Lipinski definition) is 3. The Morgan fingerprint density at radius 1 is 0.833 bits per heavy atom. The van der Waals surface area contributed by atoms with Crippen LogP contribution in [-0.4, -0.2) is 21.8 Å². The second-order valence-electron chi connectivity index (χ2n) is 7.79. The van der Waals surface area contributed by atoms with Gasteiger partial charge in [-0.25, -0.2) is 4.39 Å². The van der Waals surface area contributed by atoms with Crippen LogP contribution in [0.4, 0.5) is 15.8 Å². The van der Waals surface area contributed by atoms with Crippen LogP contribution in [0.3, 0.4) is 0 Å². The molecule has 1 heterocycles. The summed E-state index contributed by atoms with van der Waals surface area (Å²) in [7, 11) is 0. The molecule has 1 aromatic heterocycles. The summed E-state index contributed by atoms with van der Waals surface area (Å²) in [5.74, 6) is -1.50. The minimum absolute atomic E-state index is 0.185. The topological polar surface area (TPSA) is 124 Å². The van der Waals surface area contributed by atoms with Gasteiger partial charge in [-0.2, -0.15) is 0 Å². The first-order valence-corrected chi connectivity index (χ1v) is 10.9. The van der Waals surface area contributed by atoms with E-state index < -0.39 is 17.6 Å². The highest BCUT2D eigenvalue weighted by Crippen LogP contribution is 2.26. The summed E-state index contributed by atoms with van der Waals surface area (Å²) in [4.78, 5) is 32.6. The fourth-order valence-corrected chi connectivity index (χ4v) is 3.42. The van der Waals surface area contributed by atoms with E-state index in [0.717, 1.165) is 22.8 Å². The highest BCUT2D eigenvalue weighted by molar-refractivity contribution is 6.03. The van der Waals surface area contributed by atoms with Crippen LogP contribution in [0.2, 0.25) is 0 Å². The maximum Gasteiger partial charge on any atom is 0.248 e. The van der Waals surface area contributed by atoms with Crippen molar-refractivity contribution in [3.05, 3.63) is 125 Å². The number of nitrogens with one attached hydrogen (secondary N) is 1. The molecule has 5 N–H and O–H groups in total. The number of amides is 2. The van der Waals surface area contributed by atoms with Crippen LogP contribution >= 0.6 is 0 Å². The first-order chi connectivity index (χ1) is 17.4. The number of anilines is 2. The van der Waals surface area contributed by atoms with Crippen LogP contribution in [0.1, 0.15) is 32.9 Å². The predicted molar refractivity (Wildman–Crippen MR) is 139 cm³/mol. The molecule has 36 heavy (non-hydrogen) atoms. The zero-order valence-electron chi connectivity index (χ0n) is 19.1. The number of rotatable bonds is 7. The molecule has 0 atom stereocenters. The van der Waals surface area contributed by atoms with Gasteiger partial charge in [0, 0.05) is 11.6 Å². The van der Waals surface area contributed by atoms with Crippen LogP contribution < -0.4 is 16.8 Å². The molecule has 0 aliphatic carbocycles. The van der Waals surface area contributed by atoms with E-state index in [9.17, 15) is 14.0 Å². The third-order valence-electron chi connectivity index (χ3n) is 5.21. The second kappa shape index (κ2) is 10.9. The lowest BCUT2D eigenvalue weighted by molar-refractivity contribution is -0.111. The minimum Gasteiger partial charge on any atom is -0.397 e. The van der Waals surface area contributed by atoms with Crippen molar-refractivity contribution in [3.63, 3.8) is 0 Å². The first-order valence-electron chi connectivity index (χ1n) is 10.9. The molecule has 4 rings (SSSR count). The number of carbonyl (C=O) groups excluding carboxylic acids is 2. The Morgan fingerprint density at radius 3 is 2.25 bits per heavy atom. The predicted octanol–water partition coefficient (Wildman–Crippen LogP) is 4.54. The molecule has 0 saturated heterocycles. The molecule has 0 aliphatic rings. The van der Waals surface area contributed by atoms with Crippen molar-refractivity contribution < 1.29 is 14.0 Å². The van der Waals surface area contributed by atoms with E-state index in [1.807, 2.05) is 42.5 Å². The molecular formula is C28H22FN5O2. The van der Waals surface area contributed by atoms with Crippen LogP contribution in [0.5, 0.6) is 0 Å². The number of nitrogen functional groups attached to an aromatic ring is 1. The lowest BCUT2D eigenvalue weighted by Crippen LogP contribution is -2.10. The maximum absolute atomic E-state index is 13.4. The lowest BCUT2D eigenvalue weighted by atomic mass is 9.95. The fourth-order valence-electron chi connectivity index (χ4n) is 3.42. The lowest BCUT2D eigenvalue weighted by Gasteiger charge is -2.10. The van der Waals surface area contributed by atoms with E-state index in [-0.39, 0.29) is 11.4 Å². The summed E-state index contributed by atoms with van der Waals surface area (Å²) < 4.78 is 13.4. The quantitative estimate of drug-likeness (QED) is 0.265. The van der Waals surface area contributed by atoms with E-state index in [0.29, 0.717) is 17.0 Å². The van der Waals surface area contributed by atoms with Crippen molar-refractivity contribution in [3.8, 4) is 0 Å². The number of carbonyl (C=O) groups is 2. The normalized spacial score (nSPS) is 11.4. The Morgan fingerprint density at radius 2 is 1.53 bits per heavy atom. The molecule has 0 unspecified atom stereocenters. The maximum atomic E-state index is 13.4. The monoisotopic (exact) mass is 479 g/mol. The number of halogens is 1. The van der Waals surface area contributed by atoms with E-state index >= 15 is 0 Å². The highest BCUT2D eigenvalue weighted by Gasteiger charge is 2.09. The molecule has 0 spiro atoms. The van der Waals surface area contributed by atoms with Crippen molar-refractivity contribution in [2.45, 2.75) is 0 Å². The molecule has 0 radical (unpaired) electrons. The molecule has 0 bridgehead atoms. The average molecular weight is 480 g/mol. The zero-order chi connectivity index (χ0) is 25.5. The van der Waals surface area contributed by atoms with E-state index in [4.69, 9.17) is 11.5 Å². The van der Waals surface area contributed by atoms with Gasteiger partial charge in [-0.05, 0) is 59.2 Å². The number of primary amides is 1. The van der Waals surface area contributed by atoms with Gasteiger partial charge in [0.1, 0.15) is 5.82 Å². The molecule has 4 aromatic rings. The third-order valence-corrected chi connectivity index (χ3v) is 5.21. The molecule has 8 heteroatoms. The standard InChI is InChI=1S/C28H22FN5O2/c29-21-9-11-25(30)26(14-21)34-27(35)12-10-22-16-33-23(17-32-22)15-24(18-5-2-1-3-6-18)19-7-4-8-20(13-19)28(31)36/h1-17H,30H2,(H2,31,36)(H,34,35)/b12-10+,24-15+. The third kappa shape index (κ3) is 6.06. The smallest absolute Gasteiger partial charge is 0.248 e. The van der Waals surface area contributed by atoms with Crippen molar-refractivity contribution in [1.29, 1.82) is 0 Å². The molecule has 0 fully saturated rings. The van der Waals surface area contributed by atoms with Crippen molar-refractivity contribution in [2.24, 2.45) is 5.73 Å². The highest BCUT2D eigenvalue weighted by atomic mass is 19.1. The Kier molecular flexibility index (Phi) is 7.26. The Balaban J connectivity index is 1.56. The number of hydrogen-bond acceptors (Lipinski definition) is 5. The van der Waals surface area contributed by atoms with Gasteiger partial charge in [0.05, 0.1) is 35.2 Å². The van der Waals surface area contributed by atoms with Gasteiger partial charge >= 0.3 is 0 Å². The zero-order valence-corrected chi connectivity index (χ0v) is 19.1. The Labute approximate surface area is 207 Å². The molecular weight excluding hydrogens is 457 g/mol. The van der Waals surface area contributed by atoms with Crippen molar-refractivity contribution in [2.75, 3.05) is 11.1 Å². The molecule has 2 amide bonds. The van der Waals surface area contributed by atoms with Gasteiger partial charge in [-0.3, -0.25) is 19.6 Å². The van der Waals surface area contributed by atoms with Crippen LogP contribution in [0.25, 0.3) is 17.7 Å². The molecule has 7 nitrogen and oxygen atoms in total. The molecule has 3 aromatic carbocycles. The molecule has 0 saturated carbocycles. The second-order valence-corrected chi connectivity index (χ2v) is 7.79. The van der Waals surface area contributed by atoms with E-state index in [2.05, 4.69) is 15.3 Å². The Hall–Kier alpha value is -5.11. The van der Waals surface area contributed by atoms with Gasteiger partial charge in [0.2, 0.25) is 11.8 Å². The Bertz CT molecular complexity index is 1470. The van der Waals surface area contributed by atoms with E-state index in [1.54, 1.807) is 24.4 Å². The average Bonchev–Trinajstić information content (AvgIpc) is 2.89. The van der Waals surface area contributed by atoms with Crippen molar-refractivity contribution >= 4 is 40.9 Å². The van der Waals surface area contributed by atoms with Gasteiger partial charge in [-0.1, -0.05) is 42.5 Å². The van der Waals surface area contributed by atoms with Crippen LogP contribution in [0, 0.1) is 5.82 Å². The summed E-state index contributed by atoms with van der Waals surface area (Å²) in [6.45, 7) is 0. The van der Waals surface area contributed by atoms with Gasteiger partial charge in [0.25, 0.3) is 0 Å². The summed E-state index contributed by atoms with van der Waals surface area (Å²) >= 11 is 0. The molecule has 178 valence electrons. The summed E-state index contributed by atoms with van der Waals surface area (Å²) in [5, 5.41) is 2.53. The van der Waals surface area contributed by atoms with Crippen molar-refractivity contribution in [1.82, 2.24) is 9.97 Å². The summed E-state index contributed by atoms with van der Waals surface area (Å²) in [6, 6.07) is 20.5. The van der Waals surface area contributed by atoms with Crippen LogP contribution in [0.15, 0.2) is 91.3 Å². The summed E-state index contributed by atoms with van der Waals surface area (Å²) in [5.41, 5.74) is 15.6.